The van der Waals surface area contributed by atoms with Crippen molar-refractivity contribution in [3.8, 4) is 0 Å². The molecule has 2 aromatic rings. The van der Waals surface area contributed by atoms with Gasteiger partial charge >= 0.3 is 17.1 Å². The zero-order valence-corrected chi connectivity index (χ0v) is 13.0. The Labute approximate surface area is 138 Å². The highest BCUT2D eigenvalue weighted by molar-refractivity contribution is 5.83. The number of hydrogen-bond donors (Lipinski definition) is 4. The highest BCUT2D eigenvalue weighted by Gasteiger charge is 2.17. The molecule has 4 N–H and O–H groups in total. The van der Waals surface area contributed by atoms with Crippen molar-refractivity contribution in [3.63, 3.8) is 0 Å². The second kappa shape index (κ2) is 6.95. The minimum Gasteiger partial charge on any atom is -0.481 e. The molecular weight excluding hydrogens is 336 g/mol. The fourth-order valence-electron chi connectivity index (χ4n) is 2.16. The monoisotopic (exact) mass is 350 g/mol. The van der Waals surface area contributed by atoms with Gasteiger partial charge in [0, 0.05) is 30.7 Å². The van der Waals surface area contributed by atoms with E-state index in [9.17, 15) is 29.3 Å². The van der Waals surface area contributed by atoms with Crippen LogP contribution in [0.5, 0.6) is 0 Å². The standard InChI is InChI=1S/C14H14N4O7/c1-6(14(22)23)2-10(19)15-5-7-3-8(18(24)25)4-9-11(7)17-13(21)12(20)16-9/h3-4,6H,2,5H2,1H3,(H,15,19)(H,16,20)(H,17,21)(H,22,23). The van der Waals surface area contributed by atoms with Gasteiger partial charge in [0.25, 0.3) is 5.69 Å². The van der Waals surface area contributed by atoms with Crippen LogP contribution < -0.4 is 16.4 Å². The lowest BCUT2D eigenvalue weighted by molar-refractivity contribution is -0.384. The van der Waals surface area contributed by atoms with Gasteiger partial charge in [-0.15, -0.1) is 0 Å². The number of nitro groups is 1. The molecule has 1 unspecified atom stereocenters. The fraction of sp³-hybridized carbons (Fsp3) is 0.286. The van der Waals surface area contributed by atoms with Crippen LogP contribution in [0, 0.1) is 16.0 Å². The molecule has 25 heavy (non-hydrogen) atoms. The highest BCUT2D eigenvalue weighted by atomic mass is 16.6. The summed E-state index contributed by atoms with van der Waals surface area (Å²) in [6.07, 6.45) is -0.268. The molecular formula is C14H14N4O7. The first-order valence-corrected chi connectivity index (χ1v) is 7.12. The van der Waals surface area contributed by atoms with Crippen LogP contribution in [0.2, 0.25) is 0 Å². The molecule has 0 fully saturated rings. The number of non-ortho nitro benzene ring substituents is 1. The van der Waals surface area contributed by atoms with Crippen LogP contribution in [-0.4, -0.2) is 31.9 Å². The molecule has 0 aliphatic rings. The minimum atomic E-state index is -1.13. The lowest BCUT2D eigenvalue weighted by atomic mass is 10.1. The Hall–Kier alpha value is -3.50. The van der Waals surface area contributed by atoms with Gasteiger partial charge in [-0.05, 0) is 0 Å². The largest absolute Gasteiger partial charge is 0.481 e. The summed E-state index contributed by atoms with van der Waals surface area (Å²) in [6.45, 7) is 1.18. The quantitative estimate of drug-likeness (QED) is 0.318. The van der Waals surface area contributed by atoms with E-state index in [1.165, 1.54) is 6.92 Å². The highest BCUT2D eigenvalue weighted by Crippen LogP contribution is 2.21. The molecule has 0 saturated heterocycles. The van der Waals surface area contributed by atoms with Crippen molar-refractivity contribution in [2.45, 2.75) is 19.9 Å². The molecule has 11 heteroatoms. The summed E-state index contributed by atoms with van der Waals surface area (Å²) < 4.78 is 0. The third-order valence-corrected chi connectivity index (χ3v) is 3.50. The van der Waals surface area contributed by atoms with Crippen LogP contribution in [0.25, 0.3) is 11.0 Å². The number of carbonyl (C=O) groups is 2. The maximum Gasteiger partial charge on any atom is 0.314 e. The zero-order valence-electron chi connectivity index (χ0n) is 13.0. The number of nitrogens with one attached hydrogen (secondary N) is 3. The average Bonchev–Trinajstić information content (AvgIpc) is 2.53. The van der Waals surface area contributed by atoms with E-state index >= 15 is 0 Å². The van der Waals surface area contributed by atoms with Gasteiger partial charge in [-0.1, -0.05) is 6.92 Å². The Morgan fingerprint density at radius 3 is 2.52 bits per heavy atom. The molecule has 0 saturated carbocycles. The molecule has 11 nitrogen and oxygen atoms in total. The number of amides is 1. The second-order valence-electron chi connectivity index (χ2n) is 5.41. The average molecular weight is 350 g/mol. The number of rotatable bonds is 6. The number of carboxylic acid groups (broad SMARTS) is 1. The first kappa shape index (κ1) is 17.8. The van der Waals surface area contributed by atoms with E-state index < -0.39 is 33.8 Å². The van der Waals surface area contributed by atoms with Gasteiger partial charge in [0.1, 0.15) is 0 Å². The second-order valence-corrected chi connectivity index (χ2v) is 5.41. The number of H-pyrrole nitrogens is 2. The van der Waals surface area contributed by atoms with Crippen molar-refractivity contribution in [2.24, 2.45) is 5.92 Å². The van der Waals surface area contributed by atoms with Crippen molar-refractivity contribution in [3.05, 3.63) is 48.5 Å². The molecule has 1 heterocycles. The zero-order chi connectivity index (χ0) is 18.7. The number of aromatic nitrogens is 2. The predicted molar refractivity (Wildman–Crippen MR) is 85.1 cm³/mol. The lowest BCUT2D eigenvalue weighted by Crippen LogP contribution is -2.30. The lowest BCUT2D eigenvalue weighted by Gasteiger charge is -2.10. The summed E-state index contributed by atoms with van der Waals surface area (Å²) in [6, 6.07) is 2.24. The van der Waals surface area contributed by atoms with Crippen LogP contribution in [0.15, 0.2) is 21.7 Å². The van der Waals surface area contributed by atoms with Crippen molar-refractivity contribution in [2.75, 3.05) is 0 Å². The van der Waals surface area contributed by atoms with Crippen molar-refractivity contribution < 1.29 is 19.6 Å². The topological polar surface area (TPSA) is 175 Å². The summed E-state index contributed by atoms with van der Waals surface area (Å²) in [5.41, 5.74) is -1.84. The number of benzene rings is 1. The summed E-state index contributed by atoms with van der Waals surface area (Å²) in [7, 11) is 0. The Morgan fingerprint density at radius 1 is 1.28 bits per heavy atom. The van der Waals surface area contributed by atoms with E-state index in [-0.39, 0.29) is 35.2 Å². The van der Waals surface area contributed by atoms with Gasteiger partial charge in [-0.25, -0.2) is 0 Å². The Kier molecular flexibility index (Phi) is 4.96. The minimum absolute atomic E-state index is 0.0435. The number of carboxylic acids is 1. The number of hydrogen-bond acceptors (Lipinski definition) is 6. The third kappa shape index (κ3) is 4.07. The van der Waals surface area contributed by atoms with E-state index in [0.29, 0.717) is 0 Å². The van der Waals surface area contributed by atoms with Crippen LogP contribution in [0.4, 0.5) is 5.69 Å². The Balaban J connectivity index is 2.35. The Morgan fingerprint density at radius 2 is 1.92 bits per heavy atom. The molecule has 0 radical (unpaired) electrons. The van der Waals surface area contributed by atoms with Crippen molar-refractivity contribution >= 4 is 28.6 Å². The number of nitrogens with zero attached hydrogens (tertiary/aromatic N) is 1. The van der Waals surface area contributed by atoms with E-state index in [2.05, 4.69) is 15.3 Å². The van der Waals surface area contributed by atoms with Crippen molar-refractivity contribution in [1.82, 2.24) is 15.3 Å². The normalized spacial score (nSPS) is 11.9. The van der Waals surface area contributed by atoms with Gasteiger partial charge in [0.15, 0.2) is 0 Å². The van der Waals surface area contributed by atoms with Gasteiger partial charge < -0.3 is 20.4 Å². The van der Waals surface area contributed by atoms with Crippen molar-refractivity contribution in [1.29, 1.82) is 0 Å². The molecule has 1 aromatic heterocycles. The predicted octanol–water partition coefficient (Wildman–Crippen LogP) is -0.148. The van der Waals surface area contributed by atoms with Crippen LogP contribution in [0.3, 0.4) is 0 Å². The molecule has 1 atom stereocenters. The maximum absolute atomic E-state index is 11.8. The maximum atomic E-state index is 11.8. The number of nitro benzene ring substituents is 1. The summed E-state index contributed by atoms with van der Waals surface area (Å²) >= 11 is 0. The SMILES string of the molecule is CC(CC(=O)NCc1cc([N+](=O)[O-])cc2[nH]c(=O)c(=O)[nH]c12)C(=O)O. The molecule has 132 valence electrons. The Bertz CT molecular complexity index is 975. The van der Waals surface area contributed by atoms with Crippen LogP contribution in [0.1, 0.15) is 18.9 Å². The molecule has 0 aliphatic heterocycles. The van der Waals surface area contributed by atoms with Gasteiger partial charge in [-0.3, -0.25) is 29.3 Å². The molecule has 1 aromatic carbocycles. The summed E-state index contributed by atoms with van der Waals surface area (Å²) in [5.74, 6) is -2.59. The van der Waals surface area contributed by atoms with E-state index in [1.807, 2.05) is 0 Å². The third-order valence-electron chi connectivity index (χ3n) is 3.50. The van der Waals surface area contributed by atoms with Crippen LogP contribution >= 0.6 is 0 Å². The molecule has 0 bridgehead atoms. The summed E-state index contributed by atoms with van der Waals surface area (Å²) in [4.78, 5) is 60.2. The van der Waals surface area contributed by atoms with Crippen LogP contribution in [-0.2, 0) is 16.1 Å². The van der Waals surface area contributed by atoms with E-state index in [1.54, 1.807) is 0 Å². The van der Waals surface area contributed by atoms with Gasteiger partial charge in [0.05, 0.1) is 21.9 Å². The molecule has 2 rings (SSSR count). The first-order chi connectivity index (χ1) is 11.7. The molecule has 0 spiro atoms. The number of aliphatic carboxylic acids is 1. The number of carbonyl (C=O) groups excluding carboxylic acids is 1. The fourth-order valence-corrected chi connectivity index (χ4v) is 2.16. The van der Waals surface area contributed by atoms with E-state index in [0.717, 1.165) is 12.1 Å². The number of fused-ring (bicyclic) bond motifs is 1. The van der Waals surface area contributed by atoms with E-state index in [4.69, 9.17) is 5.11 Å². The first-order valence-electron chi connectivity index (χ1n) is 7.12. The number of aromatic amines is 2. The smallest absolute Gasteiger partial charge is 0.314 e. The summed E-state index contributed by atoms with van der Waals surface area (Å²) in [5, 5.41) is 22.2. The van der Waals surface area contributed by atoms with Gasteiger partial charge in [0.2, 0.25) is 5.91 Å². The molecule has 0 aliphatic carbocycles. The van der Waals surface area contributed by atoms with Gasteiger partial charge in [-0.2, -0.15) is 0 Å². The molecule has 1 amide bonds.